The first-order valence-corrected chi connectivity index (χ1v) is 6.89. The summed E-state index contributed by atoms with van der Waals surface area (Å²) in [6.07, 6.45) is -0.582. The van der Waals surface area contributed by atoms with E-state index in [-0.39, 0.29) is 6.61 Å². The zero-order valence-electron chi connectivity index (χ0n) is 9.67. The number of aliphatic hydroxyl groups excluding tert-OH is 1. The molecule has 1 unspecified atom stereocenters. The van der Waals surface area contributed by atoms with Gasteiger partial charge >= 0.3 is 0 Å². The van der Waals surface area contributed by atoms with Gasteiger partial charge in [0.05, 0.1) is 5.02 Å². The van der Waals surface area contributed by atoms with E-state index in [4.69, 9.17) is 16.3 Å². The number of aliphatic hydroxyl groups is 1. The van der Waals surface area contributed by atoms with Crippen LogP contribution in [0.4, 0.5) is 5.69 Å². The summed E-state index contributed by atoms with van der Waals surface area (Å²) in [6, 6.07) is 9.18. The lowest BCUT2D eigenvalue weighted by Gasteiger charge is -2.14. The van der Waals surface area contributed by atoms with Crippen LogP contribution in [0.15, 0.2) is 41.1 Å². The van der Waals surface area contributed by atoms with Crippen molar-refractivity contribution in [2.75, 3.05) is 18.5 Å². The number of nitrogens with one attached hydrogen (secondary N) is 1. The molecule has 0 radical (unpaired) electrons. The molecule has 0 amide bonds. The Balaban J connectivity index is 1.75. The van der Waals surface area contributed by atoms with Crippen LogP contribution >= 0.6 is 22.9 Å². The van der Waals surface area contributed by atoms with Crippen LogP contribution in [0, 0.1) is 0 Å². The van der Waals surface area contributed by atoms with Crippen LogP contribution in [-0.4, -0.2) is 24.4 Å². The normalized spacial score (nSPS) is 12.1. The number of ether oxygens (including phenoxy) is 1. The van der Waals surface area contributed by atoms with Crippen molar-refractivity contribution in [3.63, 3.8) is 0 Å². The molecule has 5 heteroatoms. The van der Waals surface area contributed by atoms with E-state index in [2.05, 4.69) is 5.32 Å². The minimum atomic E-state index is -0.582. The van der Waals surface area contributed by atoms with E-state index in [1.165, 1.54) is 0 Å². The number of hydrogen-bond acceptors (Lipinski definition) is 4. The van der Waals surface area contributed by atoms with Crippen molar-refractivity contribution in [3.05, 3.63) is 46.1 Å². The van der Waals surface area contributed by atoms with Crippen LogP contribution in [0.25, 0.3) is 0 Å². The predicted octanol–water partition coefficient (Wildman–Crippen LogP) is 3.25. The molecule has 2 aromatic rings. The summed E-state index contributed by atoms with van der Waals surface area (Å²) in [4.78, 5) is 0. The Hall–Kier alpha value is -1.23. The first-order valence-electron chi connectivity index (χ1n) is 5.57. The Kier molecular flexibility index (Phi) is 4.87. The second kappa shape index (κ2) is 6.64. The summed E-state index contributed by atoms with van der Waals surface area (Å²) in [5, 5.41) is 17.4. The molecule has 0 bridgehead atoms. The molecular weight excluding hydrogens is 270 g/mol. The lowest BCUT2D eigenvalue weighted by atomic mass is 10.3. The van der Waals surface area contributed by atoms with Crippen LogP contribution in [-0.2, 0) is 0 Å². The predicted molar refractivity (Wildman–Crippen MR) is 75.8 cm³/mol. The van der Waals surface area contributed by atoms with Crippen molar-refractivity contribution in [1.29, 1.82) is 0 Å². The van der Waals surface area contributed by atoms with Gasteiger partial charge in [-0.15, -0.1) is 0 Å². The van der Waals surface area contributed by atoms with E-state index < -0.39 is 6.10 Å². The molecule has 18 heavy (non-hydrogen) atoms. The van der Waals surface area contributed by atoms with E-state index in [0.717, 1.165) is 5.69 Å². The average molecular weight is 284 g/mol. The third-order valence-electron chi connectivity index (χ3n) is 2.33. The van der Waals surface area contributed by atoms with Crippen LogP contribution in [0.1, 0.15) is 0 Å². The van der Waals surface area contributed by atoms with Gasteiger partial charge in [-0.05, 0) is 23.6 Å². The Morgan fingerprint density at radius 2 is 2.17 bits per heavy atom. The van der Waals surface area contributed by atoms with Gasteiger partial charge in [-0.3, -0.25) is 0 Å². The van der Waals surface area contributed by atoms with Crippen molar-refractivity contribution in [3.8, 4) is 5.75 Å². The highest BCUT2D eigenvalue weighted by Crippen LogP contribution is 2.23. The van der Waals surface area contributed by atoms with E-state index in [0.29, 0.717) is 17.3 Å². The highest BCUT2D eigenvalue weighted by Gasteiger charge is 2.07. The Morgan fingerprint density at radius 3 is 2.89 bits per heavy atom. The highest BCUT2D eigenvalue weighted by atomic mass is 35.5. The van der Waals surface area contributed by atoms with Crippen molar-refractivity contribution in [2.24, 2.45) is 0 Å². The summed E-state index contributed by atoms with van der Waals surface area (Å²) in [5.41, 5.74) is 1.01. The summed E-state index contributed by atoms with van der Waals surface area (Å²) in [7, 11) is 0. The number of anilines is 1. The third-order valence-corrected chi connectivity index (χ3v) is 3.33. The van der Waals surface area contributed by atoms with Crippen LogP contribution in [0.2, 0.25) is 5.02 Å². The van der Waals surface area contributed by atoms with Crippen molar-refractivity contribution in [1.82, 2.24) is 0 Å². The number of rotatable bonds is 6. The monoisotopic (exact) mass is 283 g/mol. The fourth-order valence-electron chi connectivity index (χ4n) is 1.41. The standard InChI is InChI=1S/C13H14ClNO2S/c14-12-3-1-2-4-13(12)17-8-11(16)7-15-10-5-6-18-9-10/h1-6,9,11,15-16H,7-8H2. The van der Waals surface area contributed by atoms with Gasteiger partial charge in [-0.2, -0.15) is 11.3 Å². The quantitative estimate of drug-likeness (QED) is 0.855. The summed E-state index contributed by atoms with van der Waals surface area (Å²) < 4.78 is 5.45. The maximum atomic E-state index is 9.77. The maximum absolute atomic E-state index is 9.77. The van der Waals surface area contributed by atoms with Gasteiger partial charge in [0.15, 0.2) is 0 Å². The lowest BCUT2D eigenvalue weighted by molar-refractivity contribution is 0.117. The molecular formula is C13H14ClNO2S. The van der Waals surface area contributed by atoms with E-state index in [1.807, 2.05) is 29.0 Å². The van der Waals surface area contributed by atoms with Crippen LogP contribution in [0.3, 0.4) is 0 Å². The molecule has 2 N–H and O–H groups in total. The number of para-hydroxylation sites is 1. The van der Waals surface area contributed by atoms with Gasteiger partial charge in [0, 0.05) is 17.6 Å². The molecule has 1 heterocycles. The first-order chi connectivity index (χ1) is 8.75. The van der Waals surface area contributed by atoms with E-state index >= 15 is 0 Å². The molecule has 2 rings (SSSR count). The zero-order chi connectivity index (χ0) is 12.8. The summed E-state index contributed by atoms with van der Waals surface area (Å²) in [6.45, 7) is 0.655. The van der Waals surface area contributed by atoms with E-state index in [1.54, 1.807) is 23.5 Å². The Morgan fingerprint density at radius 1 is 1.33 bits per heavy atom. The average Bonchev–Trinajstić information content (AvgIpc) is 2.88. The molecule has 0 spiro atoms. The molecule has 1 atom stereocenters. The molecule has 0 saturated heterocycles. The second-order valence-electron chi connectivity index (χ2n) is 3.79. The Labute approximate surface area is 115 Å². The van der Waals surface area contributed by atoms with Gasteiger partial charge in [-0.1, -0.05) is 23.7 Å². The summed E-state index contributed by atoms with van der Waals surface area (Å²) >= 11 is 7.56. The fourth-order valence-corrected chi connectivity index (χ4v) is 2.21. The maximum Gasteiger partial charge on any atom is 0.138 e. The largest absolute Gasteiger partial charge is 0.489 e. The minimum absolute atomic E-state index is 0.209. The van der Waals surface area contributed by atoms with Crippen LogP contribution in [0.5, 0.6) is 5.75 Å². The van der Waals surface area contributed by atoms with Crippen LogP contribution < -0.4 is 10.1 Å². The van der Waals surface area contributed by atoms with Gasteiger partial charge in [0.1, 0.15) is 18.5 Å². The number of thiophene rings is 1. The number of halogens is 1. The minimum Gasteiger partial charge on any atom is -0.489 e. The molecule has 96 valence electrons. The molecule has 0 aliphatic carbocycles. The van der Waals surface area contributed by atoms with Gasteiger partial charge < -0.3 is 15.2 Å². The van der Waals surface area contributed by atoms with Gasteiger partial charge in [-0.25, -0.2) is 0 Å². The Bertz CT molecular complexity index is 476. The number of benzene rings is 1. The van der Waals surface area contributed by atoms with Gasteiger partial charge in [0.25, 0.3) is 0 Å². The molecule has 0 aliphatic heterocycles. The number of hydrogen-bond donors (Lipinski definition) is 2. The van der Waals surface area contributed by atoms with Crippen molar-refractivity contribution in [2.45, 2.75) is 6.10 Å². The molecule has 0 aliphatic rings. The summed E-state index contributed by atoms with van der Waals surface area (Å²) in [5.74, 6) is 0.591. The topological polar surface area (TPSA) is 41.5 Å². The lowest BCUT2D eigenvalue weighted by Crippen LogP contribution is -2.26. The van der Waals surface area contributed by atoms with Crippen molar-refractivity contribution < 1.29 is 9.84 Å². The third kappa shape index (κ3) is 3.91. The molecule has 0 saturated carbocycles. The molecule has 1 aromatic carbocycles. The van der Waals surface area contributed by atoms with Crippen molar-refractivity contribution >= 4 is 28.6 Å². The molecule has 1 aromatic heterocycles. The molecule has 3 nitrogen and oxygen atoms in total. The fraction of sp³-hybridized carbons (Fsp3) is 0.231. The highest BCUT2D eigenvalue weighted by molar-refractivity contribution is 7.08. The van der Waals surface area contributed by atoms with Gasteiger partial charge in [0.2, 0.25) is 0 Å². The zero-order valence-corrected chi connectivity index (χ0v) is 11.2. The second-order valence-corrected chi connectivity index (χ2v) is 4.98. The first kappa shape index (κ1) is 13.2. The smallest absolute Gasteiger partial charge is 0.138 e. The SMILES string of the molecule is OC(CNc1ccsc1)COc1ccccc1Cl. The molecule has 0 fully saturated rings. The van der Waals surface area contributed by atoms with E-state index in [9.17, 15) is 5.11 Å².